The van der Waals surface area contributed by atoms with Crippen LogP contribution >= 0.6 is 0 Å². The number of rotatable bonds is 2. The van der Waals surface area contributed by atoms with E-state index in [1.165, 1.54) is 14.0 Å². The normalized spacial score (nSPS) is 16.4. The Hall–Kier alpha value is -0.610. The molecular weight excluding hydrogens is 122 g/mol. The van der Waals surface area contributed by atoms with Crippen molar-refractivity contribution in [1.82, 2.24) is 0 Å². The van der Waals surface area contributed by atoms with E-state index in [1.54, 1.807) is 0 Å². The van der Waals surface area contributed by atoms with Crippen LogP contribution in [-0.2, 0) is 9.53 Å². The fraction of sp³-hybridized carbons (Fsp3) is 0.800. The van der Waals surface area contributed by atoms with Crippen molar-refractivity contribution in [1.29, 1.82) is 0 Å². The van der Waals surface area contributed by atoms with Gasteiger partial charge >= 0.3 is 5.97 Å². The van der Waals surface area contributed by atoms with E-state index in [0.29, 0.717) is 0 Å². The van der Waals surface area contributed by atoms with Crippen LogP contribution in [0.3, 0.4) is 0 Å². The molecule has 0 bridgehead atoms. The molecule has 0 aliphatic rings. The largest absolute Gasteiger partial charge is 0.465 e. The van der Waals surface area contributed by atoms with Crippen LogP contribution in [0.4, 0.5) is 0 Å². The topological polar surface area (TPSA) is 74.2 Å². The lowest BCUT2D eigenvalue weighted by Crippen LogP contribution is -2.69. The Morgan fingerprint density at radius 2 is 2.22 bits per heavy atom. The van der Waals surface area contributed by atoms with Gasteiger partial charge in [0, 0.05) is 0 Å². The number of carbonyl (C=O) groups excluding carboxylic acids is 1. The van der Waals surface area contributed by atoms with Crippen molar-refractivity contribution in [3.63, 3.8) is 0 Å². The Kier molecular flexibility index (Phi) is 3.19. The molecule has 0 aromatic heterocycles. The minimum Gasteiger partial charge on any atom is -0.465 e. The Balaban J connectivity index is 3.72. The Labute approximate surface area is 53.6 Å². The molecule has 0 aromatic rings. The van der Waals surface area contributed by atoms with Crippen molar-refractivity contribution < 1.29 is 20.4 Å². The van der Waals surface area contributed by atoms with Crippen molar-refractivity contribution >= 4 is 5.97 Å². The van der Waals surface area contributed by atoms with Crippen molar-refractivity contribution in [3.8, 4) is 0 Å². The molecule has 0 spiro atoms. The maximum atomic E-state index is 10.5. The predicted molar refractivity (Wildman–Crippen MR) is 30.4 cm³/mol. The summed E-state index contributed by atoms with van der Waals surface area (Å²) in [5.41, 5.74) is 3.38. The molecule has 0 saturated heterocycles. The molecule has 0 amide bonds. The highest BCUT2D eigenvalue weighted by Gasteiger charge is 2.22. The zero-order valence-corrected chi connectivity index (χ0v) is 5.63. The molecule has 0 saturated carbocycles. The van der Waals surface area contributed by atoms with E-state index in [1.807, 2.05) is 0 Å². The fourth-order valence-electron chi connectivity index (χ4n) is 0.348. The molecular formula is C5H12NO3+. The number of carbonyl (C=O) groups is 1. The molecule has 9 heavy (non-hydrogen) atoms. The van der Waals surface area contributed by atoms with Gasteiger partial charge in [-0.2, -0.15) is 0 Å². The van der Waals surface area contributed by atoms with Crippen molar-refractivity contribution in [2.45, 2.75) is 19.1 Å². The third kappa shape index (κ3) is 2.43. The van der Waals surface area contributed by atoms with Gasteiger partial charge in [0.15, 0.2) is 0 Å². The molecule has 4 heteroatoms. The molecule has 0 aromatic carbocycles. The molecule has 2 unspecified atom stereocenters. The van der Waals surface area contributed by atoms with Gasteiger partial charge in [-0.1, -0.05) is 0 Å². The summed E-state index contributed by atoms with van der Waals surface area (Å²) in [4.78, 5) is 10.5. The predicted octanol–water partition coefficient (Wildman–Crippen LogP) is -1.85. The first-order chi connectivity index (χ1) is 4.09. The minimum absolute atomic E-state index is 0.481. The zero-order chi connectivity index (χ0) is 7.44. The van der Waals surface area contributed by atoms with Gasteiger partial charge in [0.05, 0.1) is 7.11 Å². The number of aliphatic hydroxyl groups is 1. The molecule has 0 radical (unpaired) electrons. The second-order valence-corrected chi connectivity index (χ2v) is 1.87. The second-order valence-electron chi connectivity index (χ2n) is 1.87. The van der Waals surface area contributed by atoms with Crippen LogP contribution in [0.5, 0.6) is 0 Å². The highest BCUT2D eigenvalue weighted by molar-refractivity contribution is 5.74. The van der Waals surface area contributed by atoms with Crippen LogP contribution in [0.25, 0.3) is 0 Å². The lowest BCUT2D eigenvalue weighted by atomic mass is 10.2. The Morgan fingerprint density at radius 3 is 2.33 bits per heavy atom. The van der Waals surface area contributed by atoms with Crippen LogP contribution in [-0.4, -0.2) is 30.3 Å². The van der Waals surface area contributed by atoms with Crippen LogP contribution in [0.15, 0.2) is 0 Å². The number of hydrogen-bond donors (Lipinski definition) is 2. The number of methoxy groups -OCH3 is 1. The lowest BCUT2D eigenvalue weighted by Gasteiger charge is -2.07. The third-order valence-corrected chi connectivity index (χ3v) is 1.09. The maximum Gasteiger partial charge on any atom is 0.367 e. The summed E-state index contributed by atoms with van der Waals surface area (Å²) < 4.78 is 4.31. The molecule has 0 rings (SSSR count). The van der Waals surface area contributed by atoms with E-state index < -0.39 is 18.1 Å². The summed E-state index contributed by atoms with van der Waals surface area (Å²) in [5, 5.41) is 8.76. The number of esters is 1. The zero-order valence-electron chi connectivity index (χ0n) is 5.63. The monoisotopic (exact) mass is 134 g/mol. The third-order valence-electron chi connectivity index (χ3n) is 1.09. The van der Waals surface area contributed by atoms with Gasteiger partial charge in [-0.3, -0.25) is 0 Å². The molecule has 0 aliphatic carbocycles. The van der Waals surface area contributed by atoms with E-state index in [-0.39, 0.29) is 0 Å². The summed E-state index contributed by atoms with van der Waals surface area (Å²) in [6.07, 6.45) is -0.738. The average Bonchev–Trinajstić information content (AvgIpc) is 1.84. The van der Waals surface area contributed by atoms with E-state index in [0.717, 1.165) is 0 Å². The first-order valence-electron chi connectivity index (χ1n) is 2.68. The smallest absolute Gasteiger partial charge is 0.367 e. The number of hydrogen-bond acceptors (Lipinski definition) is 3. The summed E-state index contributed by atoms with van der Waals surface area (Å²) in [6.45, 7) is 1.49. The molecule has 2 atom stereocenters. The number of aliphatic hydroxyl groups excluding tert-OH is 1. The average molecular weight is 134 g/mol. The van der Waals surface area contributed by atoms with Gasteiger partial charge in [-0.05, 0) is 6.92 Å². The summed E-state index contributed by atoms with van der Waals surface area (Å²) >= 11 is 0. The van der Waals surface area contributed by atoms with Crippen LogP contribution < -0.4 is 5.73 Å². The first-order valence-corrected chi connectivity index (χ1v) is 2.68. The van der Waals surface area contributed by atoms with Gasteiger partial charge in [0.2, 0.25) is 6.04 Å². The van der Waals surface area contributed by atoms with E-state index in [9.17, 15) is 4.79 Å². The molecule has 54 valence electrons. The second kappa shape index (κ2) is 3.42. The number of ether oxygens (including phenoxy) is 1. The molecule has 4 N–H and O–H groups in total. The highest BCUT2D eigenvalue weighted by Crippen LogP contribution is 1.87. The standard InChI is InChI=1S/C5H11NO3/c1-3(7)4(6)5(8)9-2/h3-4,7H,6H2,1-2H3/p+1. The van der Waals surface area contributed by atoms with Gasteiger partial charge in [-0.15, -0.1) is 0 Å². The van der Waals surface area contributed by atoms with E-state index >= 15 is 0 Å². The van der Waals surface area contributed by atoms with Gasteiger partial charge in [0.1, 0.15) is 6.10 Å². The molecule has 0 heterocycles. The molecule has 4 nitrogen and oxygen atoms in total. The lowest BCUT2D eigenvalue weighted by molar-refractivity contribution is -0.423. The minimum atomic E-state index is -0.738. The first kappa shape index (κ1) is 8.39. The summed E-state index contributed by atoms with van der Waals surface area (Å²) in [5.74, 6) is -0.481. The van der Waals surface area contributed by atoms with Crippen molar-refractivity contribution in [2.24, 2.45) is 0 Å². The summed E-state index contributed by atoms with van der Waals surface area (Å²) in [7, 11) is 1.27. The van der Waals surface area contributed by atoms with Crippen LogP contribution in [0, 0.1) is 0 Å². The van der Waals surface area contributed by atoms with Gasteiger partial charge in [-0.25, -0.2) is 4.79 Å². The molecule has 0 fully saturated rings. The van der Waals surface area contributed by atoms with Crippen molar-refractivity contribution in [3.05, 3.63) is 0 Å². The van der Waals surface area contributed by atoms with Crippen molar-refractivity contribution in [2.75, 3.05) is 7.11 Å². The Morgan fingerprint density at radius 1 is 1.78 bits per heavy atom. The van der Waals surface area contributed by atoms with Gasteiger partial charge in [0.25, 0.3) is 0 Å². The summed E-state index contributed by atoms with van der Waals surface area (Å²) in [6, 6.07) is -0.671. The van der Waals surface area contributed by atoms with E-state index in [4.69, 9.17) is 5.11 Å². The quantitative estimate of drug-likeness (QED) is 0.435. The molecule has 0 aliphatic heterocycles. The number of quaternary nitrogens is 1. The SMILES string of the molecule is COC(=O)C([NH3+])C(C)O. The Bertz CT molecular complexity index is 102. The van der Waals surface area contributed by atoms with Gasteiger partial charge < -0.3 is 15.6 Å². The fourth-order valence-corrected chi connectivity index (χ4v) is 0.348. The van der Waals surface area contributed by atoms with E-state index in [2.05, 4.69) is 10.5 Å². The van der Waals surface area contributed by atoms with Crippen LogP contribution in [0.1, 0.15) is 6.92 Å². The maximum absolute atomic E-state index is 10.5. The van der Waals surface area contributed by atoms with Crippen LogP contribution in [0.2, 0.25) is 0 Å². The highest BCUT2D eigenvalue weighted by atomic mass is 16.5.